The number of thiol groups is 2. The third kappa shape index (κ3) is 34.6. The molecule has 2 aromatic carbocycles. The molecule has 0 aliphatic carbocycles. The summed E-state index contributed by atoms with van der Waals surface area (Å²) in [6, 6.07) is 17.6. The molecule has 554 valence electrons. The van der Waals surface area contributed by atoms with Gasteiger partial charge in [-0.3, -0.25) is 19.2 Å². The number of aliphatic hydroxyl groups is 1. The summed E-state index contributed by atoms with van der Waals surface area (Å²) in [7, 11) is -0.659. The second kappa shape index (κ2) is 56.6. The molecule has 9 nitrogen and oxygen atoms in total. The van der Waals surface area contributed by atoms with Gasteiger partial charge in [-0.2, -0.15) is 25.3 Å². The van der Waals surface area contributed by atoms with E-state index in [9.17, 15) is 19.2 Å². The summed E-state index contributed by atoms with van der Waals surface area (Å²) in [5.41, 5.74) is 5.91. The minimum atomic E-state index is -0.659. The summed E-state index contributed by atoms with van der Waals surface area (Å²) < 4.78 is 33.5. The number of carbonyl (C=O) groups is 4. The average molecular weight is 1830 g/mol. The minimum Gasteiger partial charge on any atom is -0.468 e. The molecule has 1 N–H and O–H groups in total. The van der Waals surface area contributed by atoms with E-state index in [0.717, 1.165) is 64.4 Å². The fourth-order valence-corrected chi connectivity index (χ4v) is 37.0. The van der Waals surface area contributed by atoms with Crippen molar-refractivity contribution in [2.45, 2.75) is 98.0 Å². The highest BCUT2D eigenvalue weighted by Gasteiger charge is 2.33. The van der Waals surface area contributed by atoms with Crippen LogP contribution in [-0.4, -0.2) is 138 Å². The van der Waals surface area contributed by atoms with Gasteiger partial charge in [0, 0.05) is 71.1 Å². The van der Waals surface area contributed by atoms with E-state index in [4.69, 9.17) is 43.1 Å². The SMILES string of the molecule is C=S(C=O)CO.CCN(CC)CC.CCOC(=O)CCSC1=C(SC)S/C(=C2/SC(CS)=C(SCc3ccc(CSC4=C(SC)S/C(=C5\SC(CC)=C(CS)S5)S4)cc3)S2)S1.CCOC(=O)CCSC1=C(SC)S/C(=C2\SC(C=S)=C(SCCCOC=O)S2)S1.CCc1ccc(CCl)cc1. The third-order valence-electron chi connectivity index (χ3n) is 12.7. The summed E-state index contributed by atoms with van der Waals surface area (Å²) >= 11 is 57.0. The fourth-order valence-electron chi connectivity index (χ4n) is 7.57. The molecule has 6 aliphatic rings. The van der Waals surface area contributed by atoms with Gasteiger partial charge in [0.2, 0.25) is 0 Å². The molecule has 0 spiro atoms. The zero-order valence-corrected chi connectivity index (χ0v) is 77.7. The lowest BCUT2D eigenvalue weighted by atomic mass is 10.1. The number of halogens is 1. The Morgan fingerprint density at radius 3 is 1.33 bits per heavy atom. The molecular formula is C66H86ClNO8S24. The minimum absolute atomic E-state index is 0.119. The topological polar surface area (TPSA) is 119 Å². The van der Waals surface area contributed by atoms with Crippen LogP contribution >= 0.6 is 295 Å². The second-order valence-electron chi connectivity index (χ2n) is 19.3. The first-order chi connectivity index (χ1) is 48.5. The van der Waals surface area contributed by atoms with Crippen LogP contribution in [0.3, 0.4) is 0 Å². The number of allylic oxidation sites excluding steroid dienone is 2. The molecule has 0 radical (unpaired) electrons. The summed E-state index contributed by atoms with van der Waals surface area (Å²) in [6.07, 6.45) is 10.3. The van der Waals surface area contributed by atoms with Crippen LogP contribution < -0.4 is 0 Å². The van der Waals surface area contributed by atoms with Crippen LogP contribution in [0, 0.1) is 0 Å². The lowest BCUT2D eigenvalue weighted by Crippen LogP contribution is -2.21. The molecule has 34 heteroatoms. The molecule has 6 aliphatic heterocycles. The van der Waals surface area contributed by atoms with Gasteiger partial charge in [0.05, 0.1) is 97.9 Å². The van der Waals surface area contributed by atoms with Crippen LogP contribution in [0.1, 0.15) is 96.4 Å². The zero-order valence-electron chi connectivity index (χ0n) is 57.2. The van der Waals surface area contributed by atoms with Gasteiger partial charge in [-0.1, -0.05) is 242 Å². The smallest absolute Gasteiger partial charge is 0.306 e. The van der Waals surface area contributed by atoms with Gasteiger partial charge in [0.25, 0.3) is 6.47 Å². The van der Waals surface area contributed by atoms with E-state index < -0.39 is 10.5 Å². The predicted octanol–water partition coefficient (Wildman–Crippen LogP) is 25.5. The van der Waals surface area contributed by atoms with Crippen LogP contribution in [0.4, 0.5) is 0 Å². The molecule has 0 saturated carbocycles. The highest BCUT2D eigenvalue weighted by Crippen LogP contribution is 2.67. The first kappa shape index (κ1) is 94.8. The summed E-state index contributed by atoms with van der Waals surface area (Å²) in [4.78, 5) is 50.8. The van der Waals surface area contributed by atoms with Crippen molar-refractivity contribution in [2.24, 2.45) is 0 Å². The number of aryl methyl sites for hydroxylation is 1. The number of aliphatic hydroxyl groups excluding tert-OH is 1. The van der Waals surface area contributed by atoms with Gasteiger partial charge in [0.15, 0.2) is 5.62 Å². The highest BCUT2D eigenvalue weighted by molar-refractivity contribution is 8.45. The van der Waals surface area contributed by atoms with E-state index in [2.05, 4.69) is 138 Å². The van der Waals surface area contributed by atoms with Crippen molar-refractivity contribution in [3.63, 3.8) is 0 Å². The summed E-state index contributed by atoms with van der Waals surface area (Å²) in [6.45, 7) is 20.0. The summed E-state index contributed by atoms with van der Waals surface area (Å²) in [5.74, 6) is 9.37. The number of ether oxygens (including phenoxy) is 3. The second-order valence-corrected chi connectivity index (χ2v) is 45.9. The third-order valence-corrected chi connectivity index (χ3v) is 43.9. The van der Waals surface area contributed by atoms with Gasteiger partial charge in [0.1, 0.15) is 0 Å². The van der Waals surface area contributed by atoms with E-state index in [1.807, 2.05) is 143 Å². The van der Waals surface area contributed by atoms with Crippen LogP contribution in [0.15, 0.2) is 127 Å². The van der Waals surface area contributed by atoms with Crippen LogP contribution in [0.5, 0.6) is 0 Å². The zero-order chi connectivity index (χ0) is 73.2. The number of carbonyl (C=O) groups excluding carboxylic acids is 4. The number of nitrogens with zero attached hydrogens (tertiary/aromatic N) is 1. The maximum Gasteiger partial charge on any atom is 0.306 e. The lowest BCUT2D eigenvalue weighted by molar-refractivity contribution is -0.143. The molecule has 0 fully saturated rings. The van der Waals surface area contributed by atoms with Crippen LogP contribution in [0.25, 0.3) is 0 Å². The first-order valence-electron chi connectivity index (χ1n) is 31.1. The average Bonchev–Trinajstić information content (AvgIpc) is 1.68. The largest absolute Gasteiger partial charge is 0.468 e. The maximum absolute atomic E-state index is 11.8. The van der Waals surface area contributed by atoms with Gasteiger partial charge >= 0.3 is 11.9 Å². The van der Waals surface area contributed by atoms with Gasteiger partial charge in [-0.05, 0) is 93.8 Å². The molecule has 100 heavy (non-hydrogen) atoms. The number of hydrogen-bond acceptors (Lipinski definition) is 32. The number of thioether (sulfide) groups is 20. The van der Waals surface area contributed by atoms with Crippen molar-refractivity contribution in [3.05, 3.63) is 150 Å². The Balaban J connectivity index is 0.000000340. The normalized spacial score (nSPS) is 18.4. The number of benzene rings is 2. The molecule has 0 aromatic heterocycles. The molecule has 0 bridgehead atoms. The molecule has 6 heterocycles. The standard InChI is InChI=1S/C31H34O2S15.C17H20O4S8.C9H11Cl.C6H15N.C3H6O2S/c1-5-19-20(13-34)42-28(41-19)30-46-25(37-4)27(48-30)40-16-18-9-7-17(8-10-18)15-39-23-21(14-35)43-29(44-23)31-45-24(36-3)26(47-31)38-12-11-22(32)33-6-2;1-3-21-12(19)5-8-25-15-14(23-2)28-17(29-15)16-26-11(9-22)13(27-16)24-7-4-6-20-10-18;1-2-8-3-5-9(7-10)6-4-8;1-4-7(5-2)6-3;1-6(2-4)3-5/h7-10,34-35H,5-6,11-16H2,1-4H3;9-10H,3-8H2,1-2H3;3-6H,2,7H2,1H3;4-6H2,1-3H3;2,5H,1,3H2/b30-28-,31-29+;17-16-;;;. The molecule has 0 saturated heterocycles. The van der Waals surface area contributed by atoms with E-state index in [1.54, 1.807) is 111 Å². The summed E-state index contributed by atoms with van der Waals surface area (Å²) in [5, 5.41) is 9.80. The van der Waals surface area contributed by atoms with Crippen LogP contribution in [0.2, 0.25) is 0 Å². The van der Waals surface area contributed by atoms with Crippen molar-refractivity contribution in [3.8, 4) is 0 Å². The van der Waals surface area contributed by atoms with Crippen LogP contribution in [-0.2, 0) is 57.2 Å². The number of alkyl halides is 1. The molecule has 8 rings (SSSR count). The Labute approximate surface area is 704 Å². The van der Waals surface area contributed by atoms with E-state index in [1.165, 1.54) is 116 Å². The number of hydrogen-bond donors (Lipinski definition) is 3. The fraction of sp³-hybridized carbons (Fsp3) is 0.455. The Bertz CT molecular complexity index is 3270. The van der Waals surface area contributed by atoms with Crippen molar-refractivity contribution < 1.29 is 38.5 Å². The van der Waals surface area contributed by atoms with Crippen molar-refractivity contribution >= 4 is 330 Å². The van der Waals surface area contributed by atoms with Gasteiger partial charge < -0.3 is 24.2 Å². The highest BCUT2D eigenvalue weighted by atomic mass is 35.5. The predicted molar refractivity (Wildman–Crippen MR) is 499 cm³/mol. The Morgan fingerprint density at radius 2 is 0.940 bits per heavy atom. The van der Waals surface area contributed by atoms with Gasteiger partial charge in [-0.15, -0.1) is 116 Å². The van der Waals surface area contributed by atoms with E-state index in [-0.39, 0.29) is 17.9 Å². The Morgan fingerprint density at radius 1 is 0.540 bits per heavy atom. The first-order valence-corrected chi connectivity index (χ1v) is 53.4. The Hall–Kier alpha value is 2.40. The van der Waals surface area contributed by atoms with Crippen molar-refractivity contribution in [2.75, 3.05) is 92.9 Å². The maximum atomic E-state index is 11.8. The van der Waals surface area contributed by atoms with E-state index in [0.29, 0.717) is 50.6 Å². The van der Waals surface area contributed by atoms with Crippen molar-refractivity contribution in [1.29, 1.82) is 0 Å². The number of rotatable bonds is 36. The Kier molecular flexibility index (Phi) is 53.6. The van der Waals surface area contributed by atoms with Crippen molar-refractivity contribution in [1.82, 2.24) is 4.90 Å². The number of thiocarbonyl (C=S) groups is 1. The quantitative estimate of drug-likeness (QED) is 0.0114. The van der Waals surface area contributed by atoms with Gasteiger partial charge in [-0.25, -0.2) is 0 Å². The molecule has 1 unspecified atom stereocenters. The monoisotopic (exact) mass is 1820 g/mol. The molecule has 0 amide bonds. The number of esters is 2. The molecule has 1 atom stereocenters. The lowest BCUT2D eigenvalue weighted by Gasteiger charge is -2.13. The molecular weight excluding hydrogens is 1740 g/mol. The van der Waals surface area contributed by atoms with E-state index >= 15 is 0 Å². The molecule has 2 aromatic rings.